The third kappa shape index (κ3) is 9.78. The molecule has 2 aromatic carbocycles. The van der Waals surface area contributed by atoms with Crippen LogP contribution in [0.25, 0.3) is 6.08 Å². The van der Waals surface area contributed by atoms with Gasteiger partial charge in [-0.05, 0) is 92.1 Å². The maximum atomic E-state index is 13.3. The number of nitrogens with two attached hydrogens (primary N) is 1. The van der Waals surface area contributed by atoms with Gasteiger partial charge in [-0.15, -0.1) is 13.2 Å². The largest absolute Gasteiger partial charge is 0.573 e. The first-order valence-corrected chi connectivity index (χ1v) is 13.9. The highest BCUT2D eigenvalue weighted by Crippen LogP contribution is 2.25. The van der Waals surface area contributed by atoms with E-state index >= 15 is 0 Å². The number of anilines is 1. The lowest BCUT2D eigenvalue weighted by Crippen LogP contribution is -2.34. The van der Waals surface area contributed by atoms with Gasteiger partial charge in [0.15, 0.2) is 0 Å². The second kappa shape index (κ2) is 14.7. The molecule has 11 heteroatoms. The van der Waals surface area contributed by atoms with Gasteiger partial charge in [-0.2, -0.15) is 0 Å². The molecule has 1 aliphatic heterocycles. The summed E-state index contributed by atoms with van der Waals surface area (Å²) in [5.41, 5.74) is 9.00. The van der Waals surface area contributed by atoms with E-state index in [2.05, 4.69) is 20.7 Å². The molecule has 8 nitrogen and oxygen atoms in total. The normalized spacial score (nSPS) is 16.8. The van der Waals surface area contributed by atoms with Crippen molar-refractivity contribution in [3.63, 3.8) is 0 Å². The number of amides is 2. The van der Waals surface area contributed by atoms with Gasteiger partial charge in [-0.1, -0.05) is 30.3 Å². The number of carbonyl (C=O) groups is 2. The van der Waals surface area contributed by atoms with Crippen LogP contribution in [-0.4, -0.2) is 37.9 Å². The summed E-state index contributed by atoms with van der Waals surface area (Å²) in [6.45, 7) is 2.06. The van der Waals surface area contributed by atoms with E-state index in [9.17, 15) is 22.8 Å². The van der Waals surface area contributed by atoms with Gasteiger partial charge < -0.3 is 31.2 Å². The van der Waals surface area contributed by atoms with Gasteiger partial charge in [0.05, 0.1) is 5.70 Å². The van der Waals surface area contributed by atoms with Crippen LogP contribution >= 0.6 is 0 Å². The zero-order chi connectivity index (χ0) is 30.0. The minimum Gasteiger partial charge on any atom is -0.406 e. The van der Waals surface area contributed by atoms with Crippen LogP contribution in [0, 0.1) is 5.92 Å². The first-order chi connectivity index (χ1) is 20.2. The van der Waals surface area contributed by atoms with Crippen molar-refractivity contribution in [1.29, 1.82) is 0 Å². The number of rotatable bonds is 11. The Balaban J connectivity index is 1.41. The van der Waals surface area contributed by atoms with E-state index in [-0.39, 0.29) is 17.6 Å². The Labute approximate surface area is 242 Å². The lowest BCUT2D eigenvalue weighted by Gasteiger charge is -2.24. The van der Waals surface area contributed by atoms with Crippen molar-refractivity contribution in [2.24, 2.45) is 11.7 Å². The van der Waals surface area contributed by atoms with Crippen LogP contribution < -0.4 is 26.4 Å². The molecule has 2 aliphatic rings. The molecule has 2 aromatic rings. The number of hydrogen-bond donors (Lipinski definition) is 4. The average molecular weight is 585 g/mol. The smallest absolute Gasteiger partial charge is 0.406 e. The summed E-state index contributed by atoms with van der Waals surface area (Å²) in [4.78, 5) is 25.7. The maximum absolute atomic E-state index is 13.3. The fourth-order valence-corrected chi connectivity index (χ4v) is 4.73. The third-order valence-corrected chi connectivity index (χ3v) is 7.03. The van der Waals surface area contributed by atoms with Gasteiger partial charge in [0.1, 0.15) is 11.8 Å². The van der Waals surface area contributed by atoms with Gasteiger partial charge in [0.25, 0.3) is 0 Å². The molecule has 224 valence electrons. The van der Waals surface area contributed by atoms with Gasteiger partial charge >= 0.3 is 6.36 Å². The molecular weight excluding hydrogens is 549 g/mol. The number of benzene rings is 2. The van der Waals surface area contributed by atoms with Crippen LogP contribution in [-0.2, 0) is 14.3 Å². The third-order valence-electron chi connectivity index (χ3n) is 7.03. The zero-order valence-electron chi connectivity index (χ0n) is 23.1. The second-order valence-electron chi connectivity index (χ2n) is 10.2. The molecule has 1 aliphatic carbocycles. The number of allylic oxidation sites excluding steroid dienone is 3. The van der Waals surface area contributed by atoms with Crippen LogP contribution in [0.1, 0.15) is 49.3 Å². The molecule has 2 amide bonds. The Hall–Kier alpha value is -4.09. The first kappa shape index (κ1) is 30.9. The molecule has 0 bridgehead atoms. The van der Waals surface area contributed by atoms with Gasteiger partial charge in [-0.3, -0.25) is 9.59 Å². The topological polar surface area (TPSA) is 115 Å². The van der Waals surface area contributed by atoms with Crippen molar-refractivity contribution in [1.82, 2.24) is 10.6 Å². The molecule has 5 N–H and O–H groups in total. The van der Waals surface area contributed by atoms with E-state index in [0.29, 0.717) is 41.5 Å². The number of halogens is 3. The summed E-state index contributed by atoms with van der Waals surface area (Å²) in [6, 6.07) is 11.5. The number of carbonyl (C=O) groups excluding carboxylic acids is 2. The number of alkyl halides is 3. The monoisotopic (exact) mass is 584 g/mol. The fraction of sp³-hybridized carbons (Fsp3) is 0.355. The highest BCUT2D eigenvalue weighted by Gasteiger charge is 2.31. The van der Waals surface area contributed by atoms with Crippen LogP contribution in [0.2, 0.25) is 0 Å². The van der Waals surface area contributed by atoms with Crippen LogP contribution in [0.4, 0.5) is 18.9 Å². The van der Waals surface area contributed by atoms with Gasteiger partial charge in [0.2, 0.25) is 11.8 Å². The predicted molar refractivity (Wildman–Crippen MR) is 154 cm³/mol. The summed E-state index contributed by atoms with van der Waals surface area (Å²) < 4.78 is 46.8. The highest BCUT2D eigenvalue weighted by atomic mass is 19.4. The Kier molecular flexibility index (Phi) is 10.8. The second-order valence-corrected chi connectivity index (χ2v) is 10.2. The summed E-state index contributed by atoms with van der Waals surface area (Å²) in [7, 11) is 0. The lowest BCUT2D eigenvalue weighted by molar-refractivity contribution is -0.274. The van der Waals surface area contributed by atoms with Crippen molar-refractivity contribution < 1.29 is 32.2 Å². The van der Waals surface area contributed by atoms with Gasteiger partial charge in [0, 0.05) is 30.7 Å². The van der Waals surface area contributed by atoms with E-state index in [1.807, 2.05) is 6.08 Å². The van der Waals surface area contributed by atoms with E-state index in [4.69, 9.17) is 10.5 Å². The Morgan fingerprint density at radius 3 is 2.43 bits per heavy atom. The molecule has 0 saturated carbocycles. The highest BCUT2D eigenvalue weighted by molar-refractivity contribution is 5.96. The molecule has 0 aromatic heterocycles. The molecule has 1 saturated heterocycles. The number of hydrogen-bond acceptors (Lipinski definition) is 6. The van der Waals surface area contributed by atoms with Crippen molar-refractivity contribution in [3.05, 3.63) is 89.3 Å². The van der Waals surface area contributed by atoms with E-state index in [1.54, 1.807) is 36.4 Å². The van der Waals surface area contributed by atoms with Crippen LogP contribution in [0.15, 0.2) is 78.2 Å². The van der Waals surface area contributed by atoms with Gasteiger partial charge in [-0.25, -0.2) is 0 Å². The van der Waals surface area contributed by atoms with Crippen molar-refractivity contribution >= 4 is 23.6 Å². The molecule has 4 rings (SSSR count). The average Bonchev–Trinajstić information content (AvgIpc) is 2.97. The summed E-state index contributed by atoms with van der Waals surface area (Å²) >= 11 is 0. The zero-order valence-corrected chi connectivity index (χ0v) is 23.1. The summed E-state index contributed by atoms with van der Waals surface area (Å²) in [6.07, 6.45) is 6.41. The molecule has 0 spiro atoms. The quantitative estimate of drug-likeness (QED) is 0.266. The Morgan fingerprint density at radius 2 is 1.76 bits per heavy atom. The van der Waals surface area contributed by atoms with Crippen molar-refractivity contribution in [2.45, 2.75) is 44.5 Å². The molecule has 1 heterocycles. The minimum absolute atomic E-state index is 0.303. The molecule has 1 atom stereocenters. The van der Waals surface area contributed by atoms with Crippen molar-refractivity contribution in [3.8, 4) is 5.75 Å². The first-order valence-electron chi connectivity index (χ1n) is 13.9. The fourth-order valence-electron chi connectivity index (χ4n) is 4.73. The molecule has 1 unspecified atom stereocenters. The maximum Gasteiger partial charge on any atom is 0.573 e. The summed E-state index contributed by atoms with van der Waals surface area (Å²) in [5, 5.41) is 8.88. The minimum atomic E-state index is -4.80. The van der Waals surface area contributed by atoms with Crippen LogP contribution in [0.3, 0.4) is 0 Å². The Bertz CT molecular complexity index is 1300. The SMILES string of the molecule is NC1=C(NC(=O)/C=C/c2ccc(C(NCCC3CCOCC3)C(=O)Nc3ccc(OC(F)(F)F)cc3)cc2)C=CCC1. The van der Waals surface area contributed by atoms with Crippen molar-refractivity contribution in [2.75, 3.05) is 25.1 Å². The van der Waals surface area contributed by atoms with E-state index < -0.39 is 12.4 Å². The number of ether oxygens (including phenoxy) is 2. The Morgan fingerprint density at radius 1 is 1.05 bits per heavy atom. The lowest BCUT2D eigenvalue weighted by atomic mass is 9.96. The van der Waals surface area contributed by atoms with E-state index in [0.717, 1.165) is 56.6 Å². The van der Waals surface area contributed by atoms with E-state index in [1.165, 1.54) is 18.2 Å². The molecule has 0 radical (unpaired) electrons. The number of nitrogens with one attached hydrogen (secondary N) is 3. The molecular formula is C31H35F3N4O4. The standard InChI is InChI=1S/C31H35F3N4O4/c32-31(33,34)42-25-12-10-24(11-13-25)37-30(40)29(36-18-15-22-16-19-41-20-17-22)23-8-5-21(6-9-23)7-14-28(39)38-27-4-2-1-3-26(27)35/h2,4-14,22,29,36H,1,3,15-20,35H2,(H,37,40)(H,38,39)/b14-7+. The molecule has 42 heavy (non-hydrogen) atoms. The van der Waals surface area contributed by atoms with Crippen LogP contribution in [0.5, 0.6) is 5.75 Å². The molecule has 1 fully saturated rings. The predicted octanol–water partition coefficient (Wildman–Crippen LogP) is 5.32. The summed E-state index contributed by atoms with van der Waals surface area (Å²) in [5.74, 6) is -0.535.